The van der Waals surface area contributed by atoms with Crippen molar-refractivity contribution in [3.05, 3.63) is 36.9 Å². The summed E-state index contributed by atoms with van der Waals surface area (Å²) in [7, 11) is 0. The summed E-state index contributed by atoms with van der Waals surface area (Å²) < 4.78 is 12.2. The number of hydrogen-bond donors (Lipinski definition) is 1. The molecule has 0 radical (unpaired) electrons. The summed E-state index contributed by atoms with van der Waals surface area (Å²) in [5.41, 5.74) is -0.152. The lowest BCUT2D eigenvalue weighted by Gasteiger charge is -2.37. The van der Waals surface area contributed by atoms with Gasteiger partial charge in [0.1, 0.15) is 17.6 Å². The fraction of sp³-hybridized carbons (Fsp3) is 0.645. The van der Waals surface area contributed by atoms with Gasteiger partial charge in [0.25, 0.3) is 5.91 Å². The predicted molar refractivity (Wildman–Crippen MR) is 154 cm³/mol. The first-order valence-electron chi connectivity index (χ1n) is 14.8. The van der Waals surface area contributed by atoms with Crippen LogP contribution in [-0.2, 0) is 23.9 Å². The second-order valence-electron chi connectivity index (χ2n) is 11.0. The maximum atomic E-state index is 14.6. The van der Waals surface area contributed by atoms with Crippen molar-refractivity contribution < 1.29 is 29.0 Å². The molecule has 1 aromatic carbocycles. The molecule has 2 amide bonds. The zero-order chi connectivity index (χ0) is 29.1. The molecule has 3 heterocycles. The molecule has 1 aromatic rings. The summed E-state index contributed by atoms with van der Waals surface area (Å²) in [6.07, 6.45) is 4.38. The second-order valence-corrected chi connectivity index (χ2v) is 11.0. The maximum absolute atomic E-state index is 14.6. The summed E-state index contributed by atoms with van der Waals surface area (Å²) in [6, 6.07) is 6.98. The number of anilines is 2. The first-order chi connectivity index (χ1) is 19.3. The number of likely N-dealkylation sites (tertiary alicyclic amines) is 1. The lowest BCUT2D eigenvalue weighted by atomic mass is 9.65. The normalized spacial score (nSPS) is 28.5. The van der Waals surface area contributed by atoms with E-state index >= 15 is 0 Å². The minimum absolute atomic E-state index is 0.00239. The van der Waals surface area contributed by atoms with Crippen molar-refractivity contribution >= 4 is 29.2 Å². The molecule has 0 aromatic heterocycles. The molecule has 0 saturated carbocycles. The lowest BCUT2D eigenvalue weighted by Crippen LogP contribution is -2.56. The van der Waals surface area contributed by atoms with Crippen LogP contribution in [0.2, 0.25) is 0 Å². The van der Waals surface area contributed by atoms with Gasteiger partial charge in [0.2, 0.25) is 5.91 Å². The van der Waals surface area contributed by atoms with E-state index in [1.807, 2.05) is 31.2 Å². The van der Waals surface area contributed by atoms with Crippen molar-refractivity contribution in [1.29, 1.82) is 0 Å². The standard InChI is InChI=1S/C31H45N3O6/c1-6-19-33(23-15-13-22(14-16-23)32(8-3)9-4)28(37)26-31-18-17-30(7-2,40-31)25(29(38)39-10-5)24(31)27(36)34(26)20-11-12-21-35/h6,13-16,24-26,35H,1,7-12,17-21H2,2-5H3/t24-,25+,26?,30-,31?/m0/s1. The number of nitrogens with zero attached hydrogens (tertiary/aromatic N) is 3. The Balaban J connectivity index is 1.76. The molecule has 9 nitrogen and oxygen atoms in total. The first kappa shape index (κ1) is 30.1. The number of aliphatic hydroxyl groups is 1. The van der Waals surface area contributed by atoms with Crippen LogP contribution in [-0.4, -0.2) is 84.4 Å². The molecule has 1 N–H and O–H groups in total. The van der Waals surface area contributed by atoms with Crippen LogP contribution < -0.4 is 9.80 Å². The Labute approximate surface area is 238 Å². The van der Waals surface area contributed by atoms with E-state index < -0.39 is 35.0 Å². The molecule has 3 fully saturated rings. The molecule has 2 unspecified atom stereocenters. The van der Waals surface area contributed by atoms with Gasteiger partial charge in [0, 0.05) is 44.2 Å². The van der Waals surface area contributed by atoms with Gasteiger partial charge in [-0.3, -0.25) is 14.4 Å². The molecular weight excluding hydrogens is 510 g/mol. The third kappa shape index (κ3) is 4.81. The second kappa shape index (κ2) is 12.3. The third-order valence-electron chi connectivity index (χ3n) is 9.13. The Bertz CT molecular complexity index is 1090. The molecule has 9 heteroatoms. The lowest BCUT2D eigenvalue weighted by molar-refractivity contribution is -0.160. The Hall–Kier alpha value is -2.91. The topological polar surface area (TPSA) is 99.6 Å². The molecule has 220 valence electrons. The fourth-order valence-corrected chi connectivity index (χ4v) is 7.25. The van der Waals surface area contributed by atoms with Gasteiger partial charge in [-0.05, 0) is 77.1 Å². The smallest absolute Gasteiger partial charge is 0.312 e. The molecular formula is C31H45N3O6. The van der Waals surface area contributed by atoms with Crippen molar-refractivity contribution in [3.8, 4) is 0 Å². The van der Waals surface area contributed by atoms with E-state index in [4.69, 9.17) is 9.47 Å². The molecule has 3 aliphatic heterocycles. The largest absolute Gasteiger partial charge is 0.466 e. The molecule has 3 saturated heterocycles. The summed E-state index contributed by atoms with van der Waals surface area (Å²) in [5, 5.41) is 9.41. The van der Waals surface area contributed by atoms with Gasteiger partial charge in [0.15, 0.2) is 0 Å². The molecule has 40 heavy (non-hydrogen) atoms. The van der Waals surface area contributed by atoms with Gasteiger partial charge in [-0.25, -0.2) is 0 Å². The molecule has 3 aliphatic rings. The number of carbonyl (C=O) groups excluding carboxylic acids is 3. The SMILES string of the molecule is C=CCN(C(=O)C1N(CCCCO)C(=O)[C@@H]2[C@H](C(=O)OCC)[C@]3(CC)CCC12O3)c1ccc(N(CC)CC)cc1. The Morgan fingerprint density at radius 2 is 1.80 bits per heavy atom. The summed E-state index contributed by atoms with van der Waals surface area (Å²) >= 11 is 0. The maximum Gasteiger partial charge on any atom is 0.312 e. The van der Waals surface area contributed by atoms with Gasteiger partial charge in [-0.1, -0.05) is 13.0 Å². The zero-order valence-electron chi connectivity index (χ0n) is 24.4. The number of aliphatic hydroxyl groups excluding tert-OH is 1. The minimum atomic E-state index is -1.11. The number of amides is 2. The number of ether oxygens (including phenoxy) is 2. The molecule has 4 rings (SSSR count). The average Bonchev–Trinajstić information content (AvgIpc) is 3.56. The number of esters is 1. The van der Waals surface area contributed by atoms with E-state index in [0.717, 1.165) is 18.8 Å². The average molecular weight is 556 g/mol. The van der Waals surface area contributed by atoms with E-state index in [1.54, 1.807) is 22.8 Å². The summed E-state index contributed by atoms with van der Waals surface area (Å²) in [4.78, 5) is 47.6. The van der Waals surface area contributed by atoms with E-state index in [1.165, 1.54) is 0 Å². The van der Waals surface area contributed by atoms with Gasteiger partial charge in [-0.2, -0.15) is 0 Å². The molecule has 2 bridgehead atoms. The van der Waals surface area contributed by atoms with Crippen LogP contribution in [0.15, 0.2) is 36.9 Å². The van der Waals surface area contributed by atoms with E-state index in [2.05, 4.69) is 25.3 Å². The highest BCUT2D eigenvalue weighted by Gasteiger charge is 2.79. The van der Waals surface area contributed by atoms with Gasteiger partial charge < -0.3 is 29.3 Å². The highest BCUT2D eigenvalue weighted by molar-refractivity contribution is 6.05. The zero-order valence-corrected chi connectivity index (χ0v) is 24.4. The Kier molecular flexibility index (Phi) is 9.25. The predicted octanol–water partition coefficient (Wildman–Crippen LogP) is 3.54. The van der Waals surface area contributed by atoms with Crippen LogP contribution in [0.25, 0.3) is 0 Å². The number of carbonyl (C=O) groups is 3. The number of rotatable bonds is 14. The van der Waals surface area contributed by atoms with Crippen LogP contribution >= 0.6 is 0 Å². The van der Waals surface area contributed by atoms with Crippen molar-refractivity contribution in [2.45, 2.75) is 77.0 Å². The highest BCUT2D eigenvalue weighted by atomic mass is 16.6. The Morgan fingerprint density at radius 3 is 2.38 bits per heavy atom. The fourth-order valence-electron chi connectivity index (χ4n) is 7.25. The van der Waals surface area contributed by atoms with Gasteiger partial charge in [0.05, 0.1) is 18.1 Å². The molecule has 0 aliphatic carbocycles. The van der Waals surface area contributed by atoms with Crippen LogP contribution in [0, 0.1) is 11.8 Å². The van der Waals surface area contributed by atoms with E-state index in [0.29, 0.717) is 44.3 Å². The van der Waals surface area contributed by atoms with Crippen molar-refractivity contribution in [2.24, 2.45) is 11.8 Å². The van der Waals surface area contributed by atoms with Gasteiger partial charge in [-0.15, -0.1) is 6.58 Å². The van der Waals surface area contributed by atoms with Crippen LogP contribution in [0.4, 0.5) is 11.4 Å². The van der Waals surface area contributed by atoms with E-state index in [-0.39, 0.29) is 31.6 Å². The quantitative estimate of drug-likeness (QED) is 0.213. The number of unbranched alkanes of at least 4 members (excludes halogenated alkanes) is 1. The number of hydrogen-bond acceptors (Lipinski definition) is 7. The number of fused-ring (bicyclic) bond motifs is 1. The number of benzene rings is 1. The van der Waals surface area contributed by atoms with Crippen LogP contribution in [0.5, 0.6) is 0 Å². The Morgan fingerprint density at radius 1 is 1.12 bits per heavy atom. The molecule has 1 spiro atoms. The summed E-state index contributed by atoms with van der Waals surface area (Å²) in [6.45, 7) is 14.3. The molecule has 5 atom stereocenters. The third-order valence-corrected chi connectivity index (χ3v) is 9.13. The summed E-state index contributed by atoms with van der Waals surface area (Å²) in [5.74, 6) is -2.44. The van der Waals surface area contributed by atoms with Crippen molar-refractivity contribution in [3.63, 3.8) is 0 Å². The van der Waals surface area contributed by atoms with Crippen LogP contribution in [0.1, 0.15) is 59.8 Å². The monoisotopic (exact) mass is 555 g/mol. The van der Waals surface area contributed by atoms with Crippen molar-refractivity contribution in [2.75, 3.05) is 49.2 Å². The minimum Gasteiger partial charge on any atom is -0.466 e. The highest BCUT2D eigenvalue weighted by Crippen LogP contribution is 2.64. The first-order valence-corrected chi connectivity index (χ1v) is 14.8. The van der Waals surface area contributed by atoms with Crippen molar-refractivity contribution in [1.82, 2.24) is 4.90 Å². The van der Waals surface area contributed by atoms with E-state index in [9.17, 15) is 19.5 Å². The van der Waals surface area contributed by atoms with Crippen LogP contribution in [0.3, 0.4) is 0 Å². The van der Waals surface area contributed by atoms with Gasteiger partial charge >= 0.3 is 5.97 Å².